The Hall–Kier alpha value is -1.40. The third-order valence-corrected chi connectivity index (χ3v) is 1.63. The summed E-state index contributed by atoms with van der Waals surface area (Å²) in [6.07, 6.45) is 2.63. The number of hydrogen-bond acceptors (Lipinski definition) is 4. The van der Waals surface area contributed by atoms with Crippen molar-refractivity contribution in [2.45, 2.75) is 24.9 Å². The van der Waals surface area contributed by atoms with Crippen molar-refractivity contribution in [1.82, 2.24) is 0 Å². The predicted octanol–water partition coefficient (Wildman–Crippen LogP) is -0.853. The highest BCUT2D eigenvalue weighted by atomic mass is 16.4. The molecule has 0 saturated heterocycles. The van der Waals surface area contributed by atoms with E-state index in [4.69, 9.17) is 21.7 Å². The molecule has 14 heavy (non-hydrogen) atoms. The summed E-state index contributed by atoms with van der Waals surface area (Å²) in [6, 6.07) is -1.03. The first-order valence-electron chi connectivity index (χ1n) is 3.95. The third-order valence-electron chi connectivity index (χ3n) is 1.63. The molecule has 0 heterocycles. The van der Waals surface area contributed by atoms with Gasteiger partial charge in [-0.3, -0.25) is 4.79 Å². The maximum Gasteiger partial charge on any atom is 0.327 e. The largest absolute Gasteiger partial charge is 0.480 e. The molecular formula is C8H14N2O4. The summed E-state index contributed by atoms with van der Waals surface area (Å²) >= 11 is 0. The van der Waals surface area contributed by atoms with Crippen molar-refractivity contribution in [3.63, 3.8) is 0 Å². The van der Waals surface area contributed by atoms with E-state index in [1.165, 1.54) is 19.1 Å². The van der Waals surface area contributed by atoms with Crippen molar-refractivity contribution >= 4 is 11.9 Å². The Morgan fingerprint density at radius 1 is 1.50 bits per heavy atom. The molecule has 2 unspecified atom stereocenters. The van der Waals surface area contributed by atoms with Crippen LogP contribution in [-0.2, 0) is 9.59 Å². The minimum Gasteiger partial charge on any atom is -0.480 e. The Morgan fingerprint density at radius 3 is 2.36 bits per heavy atom. The zero-order valence-electron chi connectivity index (χ0n) is 7.80. The van der Waals surface area contributed by atoms with Gasteiger partial charge in [-0.25, -0.2) is 4.79 Å². The van der Waals surface area contributed by atoms with Crippen LogP contribution in [0.5, 0.6) is 0 Å². The van der Waals surface area contributed by atoms with Crippen molar-refractivity contribution in [2.75, 3.05) is 0 Å². The second kappa shape index (κ2) is 4.73. The molecule has 6 nitrogen and oxygen atoms in total. The molecule has 0 saturated carbocycles. The average Bonchev–Trinajstić information content (AvgIpc) is 2.03. The molecule has 0 aliphatic rings. The van der Waals surface area contributed by atoms with Gasteiger partial charge in [0.15, 0.2) is 0 Å². The van der Waals surface area contributed by atoms with E-state index in [0.717, 1.165) is 0 Å². The van der Waals surface area contributed by atoms with Gasteiger partial charge < -0.3 is 21.7 Å². The fourth-order valence-electron chi connectivity index (χ4n) is 0.632. The van der Waals surface area contributed by atoms with E-state index in [-0.39, 0.29) is 6.42 Å². The zero-order chi connectivity index (χ0) is 11.4. The Balaban J connectivity index is 4.19. The van der Waals surface area contributed by atoms with Crippen LogP contribution in [0.3, 0.4) is 0 Å². The minimum atomic E-state index is -1.49. The van der Waals surface area contributed by atoms with Crippen LogP contribution in [0.15, 0.2) is 12.2 Å². The lowest BCUT2D eigenvalue weighted by Gasteiger charge is -2.13. The highest BCUT2D eigenvalue weighted by Gasteiger charge is 2.23. The molecule has 0 aliphatic heterocycles. The van der Waals surface area contributed by atoms with Crippen LogP contribution in [0.1, 0.15) is 13.3 Å². The van der Waals surface area contributed by atoms with Gasteiger partial charge >= 0.3 is 11.9 Å². The summed E-state index contributed by atoms with van der Waals surface area (Å²) in [7, 11) is 0. The van der Waals surface area contributed by atoms with Gasteiger partial charge in [0.05, 0.1) is 0 Å². The first kappa shape index (κ1) is 12.6. The van der Waals surface area contributed by atoms with Gasteiger partial charge in [0.1, 0.15) is 11.6 Å². The molecule has 0 amide bonds. The highest BCUT2D eigenvalue weighted by Crippen LogP contribution is 2.03. The number of nitrogens with two attached hydrogens (primary N) is 2. The maximum atomic E-state index is 10.5. The summed E-state index contributed by atoms with van der Waals surface area (Å²) in [5, 5.41) is 17.0. The highest BCUT2D eigenvalue weighted by molar-refractivity contribution is 5.80. The van der Waals surface area contributed by atoms with Crippen LogP contribution in [0.25, 0.3) is 0 Å². The molecule has 0 spiro atoms. The van der Waals surface area contributed by atoms with Gasteiger partial charge in [-0.1, -0.05) is 12.2 Å². The lowest BCUT2D eigenvalue weighted by atomic mass is 10.0. The van der Waals surface area contributed by atoms with E-state index in [2.05, 4.69) is 0 Å². The van der Waals surface area contributed by atoms with Crippen LogP contribution in [-0.4, -0.2) is 33.7 Å². The first-order chi connectivity index (χ1) is 6.27. The summed E-state index contributed by atoms with van der Waals surface area (Å²) in [6.45, 7) is 1.30. The monoisotopic (exact) mass is 202 g/mol. The molecule has 2 atom stereocenters. The number of rotatable bonds is 5. The van der Waals surface area contributed by atoms with Crippen LogP contribution >= 0.6 is 0 Å². The molecule has 0 bridgehead atoms. The Labute approximate surface area is 81.2 Å². The molecule has 6 N–H and O–H groups in total. The van der Waals surface area contributed by atoms with Crippen molar-refractivity contribution in [1.29, 1.82) is 0 Å². The lowest BCUT2D eigenvalue weighted by Crippen LogP contribution is -2.42. The van der Waals surface area contributed by atoms with Gasteiger partial charge in [-0.2, -0.15) is 0 Å². The number of carboxylic acid groups (broad SMARTS) is 2. The van der Waals surface area contributed by atoms with Crippen LogP contribution in [0.4, 0.5) is 0 Å². The predicted molar refractivity (Wildman–Crippen MR) is 49.6 cm³/mol. The van der Waals surface area contributed by atoms with Crippen LogP contribution in [0, 0.1) is 0 Å². The Morgan fingerprint density at radius 2 is 2.00 bits per heavy atom. The summed E-state index contributed by atoms with van der Waals surface area (Å²) < 4.78 is 0. The molecule has 0 rings (SSSR count). The maximum absolute atomic E-state index is 10.5. The summed E-state index contributed by atoms with van der Waals surface area (Å²) in [5.74, 6) is -2.32. The normalized spacial score (nSPS) is 17.6. The first-order valence-corrected chi connectivity index (χ1v) is 3.95. The van der Waals surface area contributed by atoms with Crippen molar-refractivity contribution in [3.05, 3.63) is 12.2 Å². The Kier molecular flexibility index (Phi) is 4.26. The molecule has 80 valence electrons. The van der Waals surface area contributed by atoms with Crippen LogP contribution < -0.4 is 11.5 Å². The fraction of sp³-hybridized carbons (Fsp3) is 0.500. The Bertz CT molecular complexity index is 260. The van der Waals surface area contributed by atoms with Crippen LogP contribution in [0.2, 0.25) is 0 Å². The molecular weight excluding hydrogens is 188 g/mol. The molecule has 0 fully saturated rings. The van der Waals surface area contributed by atoms with E-state index in [9.17, 15) is 9.59 Å². The summed E-state index contributed by atoms with van der Waals surface area (Å²) in [4.78, 5) is 20.8. The second-order valence-electron chi connectivity index (χ2n) is 3.17. The number of carbonyl (C=O) groups is 2. The quantitative estimate of drug-likeness (QED) is 0.430. The van der Waals surface area contributed by atoms with E-state index in [0.29, 0.717) is 0 Å². The number of aliphatic carboxylic acids is 2. The minimum absolute atomic E-state index is 0.0510. The molecule has 0 radical (unpaired) electrons. The fourth-order valence-corrected chi connectivity index (χ4v) is 0.632. The summed E-state index contributed by atoms with van der Waals surface area (Å²) in [5.41, 5.74) is 9.04. The van der Waals surface area contributed by atoms with E-state index in [1.807, 2.05) is 0 Å². The molecule has 6 heteroatoms. The molecule has 0 aromatic carbocycles. The topological polar surface area (TPSA) is 127 Å². The van der Waals surface area contributed by atoms with E-state index in [1.54, 1.807) is 0 Å². The van der Waals surface area contributed by atoms with Gasteiger partial charge in [0.25, 0.3) is 0 Å². The van der Waals surface area contributed by atoms with Crippen molar-refractivity contribution in [2.24, 2.45) is 11.5 Å². The molecule has 0 aromatic rings. The van der Waals surface area contributed by atoms with Gasteiger partial charge in [-0.15, -0.1) is 0 Å². The van der Waals surface area contributed by atoms with Crippen molar-refractivity contribution < 1.29 is 19.8 Å². The SMILES string of the molecule is CC(N)(/C=C/CC(N)C(=O)O)C(=O)O. The smallest absolute Gasteiger partial charge is 0.327 e. The number of carboxylic acids is 2. The molecule has 0 aliphatic carbocycles. The zero-order valence-corrected chi connectivity index (χ0v) is 7.80. The number of hydrogen-bond donors (Lipinski definition) is 4. The lowest BCUT2D eigenvalue weighted by molar-refractivity contribution is -0.141. The average molecular weight is 202 g/mol. The van der Waals surface area contributed by atoms with Gasteiger partial charge in [0, 0.05) is 0 Å². The van der Waals surface area contributed by atoms with Gasteiger partial charge in [0.2, 0.25) is 0 Å². The van der Waals surface area contributed by atoms with Crippen molar-refractivity contribution in [3.8, 4) is 0 Å². The third kappa shape index (κ3) is 4.01. The van der Waals surface area contributed by atoms with E-state index < -0.39 is 23.5 Å². The molecule has 0 aromatic heterocycles. The van der Waals surface area contributed by atoms with E-state index >= 15 is 0 Å². The van der Waals surface area contributed by atoms with Gasteiger partial charge in [-0.05, 0) is 13.3 Å². The standard InChI is InChI=1S/C8H14N2O4/c1-8(10,7(13)14)4-2-3-5(9)6(11)12/h2,4-5H,3,9-10H2,1H3,(H,11,12)(H,13,14)/b4-2+. The second-order valence-corrected chi connectivity index (χ2v) is 3.17.